The van der Waals surface area contributed by atoms with E-state index in [9.17, 15) is 0 Å². The van der Waals surface area contributed by atoms with Gasteiger partial charge in [0.15, 0.2) is 0 Å². The van der Waals surface area contributed by atoms with E-state index in [-0.39, 0.29) is 25.6 Å². The molecule has 1 aromatic heterocycles. The van der Waals surface area contributed by atoms with E-state index in [4.69, 9.17) is 10.2 Å². The summed E-state index contributed by atoms with van der Waals surface area (Å²) in [6.45, 7) is -0.231. The topological polar surface area (TPSA) is 53.4 Å². The van der Waals surface area contributed by atoms with E-state index >= 15 is 0 Å². The Labute approximate surface area is 85.0 Å². The molecule has 0 bridgehead atoms. The molecule has 0 spiro atoms. The van der Waals surface area contributed by atoms with Crippen LogP contribution in [0.15, 0.2) is 16.7 Å². The van der Waals surface area contributed by atoms with Gasteiger partial charge in [0, 0.05) is 16.2 Å². The predicted octanol–water partition coefficient (Wildman–Crippen LogP) is 1.25. The van der Waals surface area contributed by atoms with Gasteiger partial charge in [-0.05, 0) is 22.0 Å². The van der Waals surface area contributed by atoms with Gasteiger partial charge in [-0.3, -0.25) is 4.98 Å². The van der Waals surface area contributed by atoms with Gasteiger partial charge < -0.3 is 10.2 Å². The van der Waals surface area contributed by atoms with Gasteiger partial charge in [-0.1, -0.05) is 0 Å². The number of aliphatic hydroxyl groups excluding tert-OH is 2. The molecule has 0 aliphatic rings. The second kappa shape index (κ2) is 5.48. The number of aliphatic hydroxyl groups is 2. The molecule has 0 fully saturated rings. The lowest BCUT2D eigenvalue weighted by Gasteiger charge is -2.02. The second-order valence-corrected chi connectivity index (χ2v) is 2.99. The van der Waals surface area contributed by atoms with Crippen molar-refractivity contribution < 1.29 is 10.2 Å². The molecule has 0 radical (unpaired) electrons. The van der Waals surface area contributed by atoms with Crippen LogP contribution in [-0.2, 0) is 13.2 Å². The molecule has 3 nitrogen and oxygen atoms in total. The SMILES string of the molecule is Cl.OCc1cc(Br)cnc1CO. The summed E-state index contributed by atoms with van der Waals surface area (Å²) in [6, 6.07) is 1.73. The van der Waals surface area contributed by atoms with Crippen molar-refractivity contribution in [3.8, 4) is 0 Å². The van der Waals surface area contributed by atoms with Crippen LogP contribution in [0.4, 0.5) is 0 Å². The minimum Gasteiger partial charge on any atom is -0.392 e. The number of rotatable bonds is 2. The van der Waals surface area contributed by atoms with E-state index in [0.717, 1.165) is 4.47 Å². The minimum absolute atomic E-state index is 0. The highest BCUT2D eigenvalue weighted by Crippen LogP contribution is 2.13. The van der Waals surface area contributed by atoms with E-state index in [1.807, 2.05) is 0 Å². The van der Waals surface area contributed by atoms with Gasteiger partial charge in [-0.15, -0.1) is 12.4 Å². The Morgan fingerprint density at radius 3 is 2.50 bits per heavy atom. The van der Waals surface area contributed by atoms with Gasteiger partial charge >= 0.3 is 0 Å². The number of halogens is 2. The first-order valence-corrected chi connectivity index (χ1v) is 3.92. The van der Waals surface area contributed by atoms with Crippen molar-refractivity contribution in [2.75, 3.05) is 0 Å². The summed E-state index contributed by atoms with van der Waals surface area (Å²) >= 11 is 3.21. The lowest BCUT2D eigenvalue weighted by atomic mass is 10.2. The normalized spacial score (nSPS) is 9.25. The van der Waals surface area contributed by atoms with Crippen molar-refractivity contribution in [3.05, 3.63) is 28.0 Å². The Morgan fingerprint density at radius 1 is 1.33 bits per heavy atom. The lowest BCUT2D eigenvalue weighted by molar-refractivity contribution is 0.255. The Bertz CT molecular complexity index is 257. The van der Waals surface area contributed by atoms with Crippen molar-refractivity contribution in [3.63, 3.8) is 0 Å². The quantitative estimate of drug-likeness (QED) is 0.835. The molecule has 12 heavy (non-hydrogen) atoms. The Morgan fingerprint density at radius 2 is 2.00 bits per heavy atom. The summed E-state index contributed by atoms with van der Waals surface area (Å²) in [5, 5.41) is 17.6. The van der Waals surface area contributed by atoms with Gasteiger partial charge in [0.2, 0.25) is 0 Å². The molecule has 0 aliphatic heterocycles. The maximum absolute atomic E-state index is 8.80. The van der Waals surface area contributed by atoms with Crippen LogP contribution in [0.5, 0.6) is 0 Å². The molecular weight excluding hydrogens is 245 g/mol. The van der Waals surface area contributed by atoms with Gasteiger partial charge in [0.1, 0.15) is 0 Å². The zero-order valence-electron chi connectivity index (χ0n) is 6.20. The second-order valence-electron chi connectivity index (χ2n) is 2.08. The Hall–Kier alpha value is -0.160. The molecule has 1 aromatic rings. The summed E-state index contributed by atoms with van der Waals surface area (Å²) in [7, 11) is 0. The standard InChI is InChI=1S/C7H8BrNO2.ClH/c8-6-1-5(3-10)7(4-11)9-2-6;/h1-2,10-11H,3-4H2;1H. The zero-order chi connectivity index (χ0) is 8.27. The number of hydrogen-bond donors (Lipinski definition) is 2. The highest BCUT2D eigenvalue weighted by molar-refractivity contribution is 9.10. The smallest absolute Gasteiger partial charge is 0.0856 e. The highest BCUT2D eigenvalue weighted by atomic mass is 79.9. The van der Waals surface area contributed by atoms with Crippen molar-refractivity contribution in [2.45, 2.75) is 13.2 Å². The average molecular weight is 255 g/mol. The fraction of sp³-hybridized carbons (Fsp3) is 0.286. The molecular formula is C7H9BrClNO2. The minimum atomic E-state index is -0.136. The largest absolute Gasteiger partial charge is 0.392 e. The molecule has 1 heterocycles. The van der Waals surface area contributed by atoms with Crippen molar-refractivity contribution >= 4 is 28.3 Å². The fourth-order valence-corrected chi connectivity index (χ4v) is 1.17. The molecule has 2 N–H and O–H groups in total. The number of nitrogens with zero attached hydrogens (tertiary/aromatic N) is 1. The predicted molar refractivity (Wildman–Crippen MR) is 51.0 cm³/mol. The summed E-state index contributed by atoms with van der Waals surface area (Å²) < 4.78 is 0.804. The van der Waals surface area contributed by atoms with Crippen molar-refractivity contribution in [2.24, 2.45) is 0 Å². The van der Waals surface area contributed by atoms with Crippen LogP contribution < -0.4 is 0 Å². The fourth-order valence-electron chi connectivity index (χ4n) is 0.789. The van der Waals surface area contributed by atoms with E-state index < -0.39 is 0 Å². The van der Waals surface area contributed by atoms with E-state index in [1.165, 1.54) is 0 Å². The molecule has 0 saturated carbocycles. The molecule has 0 atom stereocenters. The number of hydrogen-bond acceptors (Lipinski definition) is 3. The maximum atomic E-state index is 8.80. The van der Waals surface area contributed by atoms with Crippen LogP contribution in [0.25, 0.3) is 0 Å². The van der Waals surface area contributed by atoms with Crippen LogP contribution in [-0.4, -0.2) is 15.2 Å². The number of aromatic nitrogens is 1. The van der Waals surface area contributed by atoms with E-state index in [1.54, 1.807) is 12.3 Å². The van der Waals surface area contributed by atoms with Gasteiger partial charge in [-0.25, -0.2) is 0 Å². The Balaban J connectivity index is 0.00000121. The summed E-state index contributed by atoms with van der Waals surface area (Å²) in [4.78, 5) is 3.91. The monoisotopic (exact) mass is 253 g/mol. The zero-order valence-corrected chi connectivity index (χ0v) is 8.60. The summed E-state index contributed by atoms with van der Waals surface area (Å²) in [5.74, 6) is 0. The highest BCUT2D eigenvalue weighted by Gasteiger charge is 2.01. The summed E-state index contributed by atoms with van der Waals surface area (Å²) in [5.41, 5.74) is 1.18. The van der Waals surface area contributed by atoms with Gasteiger partial charge in [0.05, 0.1) is 18.9 Å². The maximum Gasteiger partial charge on any atom is 0.0856 e. The van der Waals surface area contributed by atoms with Crippen LogP contribution >= 0.6 is 28.3 Å². The van der Waals surface area contributed by atoms with Crippen LogP contribution in [0.1, 0.15) is 11.3 Å². The first-order valence-electron chi connectivity index (χ1n) is 3.13. The van der Waals surface area contributed by atoms with Crippen LogP contribution in [0, 0.1) is 0 Å². The lowest BCUT2D eigenvalue weighted by Crippen LogP contribution is -1.96. The third-order valence-electron chi connectivity index (χ3n) is 1.35. The molecule has 0 amide bonds. The first-order chi connectivity index (χ1) is 5.27. The molecule has 68 valence electrons. The summed E-state index contributed by atoms with van der Waals surface area (Å²) in [6.07, 6.45) is 1.59. The molecule has 1 rings (SSSR count). The van der Waals surface area contributed by atoms with Crippen LogP contribution in [0.3, 0.4) is 0 Å². The van der Waals surface area contributed by atoms with Gasteiger partial charge in [0.25, 0.3) is 0 Å². The molecule has 0 aromatic carbocycles. The third kappa shape index (κ3) is 2.71. The first kappa shape index (κ1) is 11.8. The van der Waals surface area contributed by atoms with Crippen molar-refractivity contribution in [1.29, 1.82) is 0 Å². The van der Waals surface area contributed by atoms with Crippen LogP contribution in [0.2, 0.25) is 0 Å². The molecule has 0 unspecified atom stereocenters. The van der Waals surface area contributed by atoms with E-state index in [2.05, 4.69) is 20.9 Å². The van der Waals surface area contributed by atoms with E-state index in [0.29, 0.717) is 11.3 Å². The average Bonchev–Trinajstić information content (AvgIpc) is 2.04. The third-order valence-corrected chi connectivity index (χ3v) is 1.78. The molecule has 5 heteroatoms. The molecule has 0 aliphatic carbocycles. The van der Waals surface area contributed by atoms with Gasteiger partial charge in [-0.2, -0.15) is 0 Å². The Kier molecular flexibility index (Phi) is 5.41. The molecule has 0 saturated heterocycles. The number of pyridine rings is 1. The van der Waals surface area contributed by atoms with Crippen molar-refractivity contribution in [1.82, 2.24) is 4.98 Å².